The van der Waals surface area contributed by atoms with E-state index in [-0.39, 0.29) is 11.1 Å². The fourth-order valence-corrected chi connectivity index (χ4v) is 1.87. The average Bonchev–Trinajstić information content (AvgIpc) is 2.38. The SMILES string of the molecule is NC(=O)c1cccc(-c2cc(C(F)(F)F)ccc2F)c1O. The monoisotopic (exact) mass is 299 g/mol. The van der Waals surface area contributed by atoms with E-state index < -0.39 is 34.8 Å². The number of nitrogens with two attached hydrogens (primary N) is 1. The van der Waals surface area contributed by atoms with Gasteiger partial charge < -0.3 is 10.8 Å². The molecule has 0 bridgehead atoms. The number of aromatic hydroxyl groups is 1. The van der Waals surface area contributed by atoms with Crippen molar-refractivity contribution in [1.82, 2.24) is 0 Å². The number of hydrogen-bond donors (Lipinski definition) is 2. The third-order valence-corrected chi connectivity index (χ3v) is 2.89. The maximum atomic E-state index is 13.8. The topological polar surface area (TPSA) is 63.3 Å². The Morgan fingerprint density at radius 2 is 1.76 bits per heavy atom. The molecule has 21 heavy (non-hydrogen) atoms. The minimum Gasteiger partial charge on any atom is -0.506 e. The van der Waals surface area contributed by atoms with E-state index in [1.165, 1.54) is 18.2 Å². The molecule has 0 aliphatic rings. The highest BCUT2D eigenvalue weighted by atomic mass is 19.4. The van der Waals surface area contributed by atoms with Gasteiger partial charge in [0.1, 0.15) is 11.6 Å². The van der Waals surface area contributed by atoms with Crippen LogP contribution in [0.2, 0.25) is 0 Å². The quantitative estimate of drug-likeness (QED) is 0.836. The molecule has 0 unspecified atom stereocenters. The number of primary amides is 1. The zero-order valence-corrected chi connectivity index (χ0v) is 10.4. The Morgan fingerprint density at radius 1 is 1.10 bits per heavy atom. The molecule has 0 heterocycles. The first-order valence-corrected chi connectivity index (χ1v) is 5.70. The van der Waals surface area contributed by atoms with Gasteiger partial charge in [-0.15, -0.1) is 0 Å². The number of amides is 1. The molecule has 0 aliphatic carbocycles. The molecule has 1 amide bonds. The maximum absolute atomic E-state index is 13.8. The molecule has 0 spiro atoms. The van der Waals surface area contributed by atoms with Crippen LogP contribution in [0.25, 0.3) is 11.1 Å². The van der Waals surface area contributed by atoms with E-state index in [1.807, 2.05) is 0 Å². The molecule has 3 nitrogen and oxygen atoms in total. The number of carbonyl (C=O) groups excluding carboxylic acids is 1. The highest BCUT2D eigenvalue weighted by molar-refractivity contribution is 5.98. The van der Waals surface area contributed by atoms with Crippen LogP contribution in [0, 0.1) is 5.82 Å². The van der Waals surface area contributed by atoms with Gasteiger partial charge in [0.15, 0.2) is 0 Å². The van der Waals surface area contributed by atoms with E-state index in [4.69, 9.17) is 5.73 Å². The van der Waals surface area contributed by atoms with Gasteiger partial charge in [-0.05, 0) is 24.3 Å². The van der Waals surface area contributed by atoms with Gasteiger partial charge in [0.25, 0.3) is 5.91 Å². The van der Waals surface area contributed by atoms with E-state index in [1.54, 1.807) is 0 Å². The summed E-state index contributed by atoms with van der Waals surface area (Å²) in [4.78, 5) is 11.1. The molecular formula is C14H9F4NO2. The van der Waals surface area contributed by atoms with Gasteiger partial charge in [-0.3, -0.25) is 4.79 Å². The van der Waals surface area contributed by atoms with Crippen molar-refractivity contribution < 1.29 is 27.5 Å². The van der Waals surface area contributed by atoms with Gasteiger partial charge >= 0.3 is 6.18 Å². The molecule has 0 atom stereocenters. The molecule has 0 saturated carbocycles. The summed E-state index contributed by atoms with van der Waals surface area (Å²) in [7, 11) is 0. The van der Waals surface area contributed by atoms with Gasteiger partial charge in [0.2, 0.25) is 0 Å². The highest BCUT2D eigenvalue weighted by Crippen LogP contribution is 2.37. The van der Waals surface area contributed by atoms with E-state index in [0.717, 1.165) is 0 Å². The standard InChI is InChI=1S/C14H9F4NO2/c15-11-5-4-7(14(16,17)18)6-10(11)8-2-1-3-9(12(8)20)13(19)21/h1-6,20H,(H2,19,21). The molecule has 0 fully saturated rings. The van der Waals surface area contributed by atoms with E-state index >= 15 is 0 Å². The third kappa shape index (κ3) is 2.81. The first-order valence-electron chi connectivity index (χ1n) is 5.70. The number of phenols is 1. The second kappa shape index (κ2) is 5.08. The number of carbonyl (C=O) groups is 1. The molecule has 2 aromatic carbocycles. The average molecular weight is 299 g/mol. The summed E-state index contributed by atoms with van der Waals surface area (Å²) in [5.74, 6) is -2.59. The lowest BCUT2D eigenvalue weighted by Crippen LogP contribution is -2.11. The highest BCUT2D eigenvalue weighted by Gasteiger charge is 2.31. The van der Waals surface area contributed by atoms with Crippen molar-refractivity contribution in [2.45, 2.75) is 6.18 Å². The van der Waals surface area contributed by atoms with Crippen LogP contribution in [0.5, 0.6) is 5.75 Å². The number of halogens is 4. The van der Waals surface area contributed by atoms with Gasteiger partial charge in [-0.2, -0.15) is 13.2 Å². The van der Waals surface area contributed by atoms with E-state index in [9.17, 15) is 27.5 Å². The van der Waals surface area contributed by atoms with Crippen molar-refractivity contribution >= 4 is 5.91 Å². The van der Waals surface area contributed by atoms with Crippen LogP contribution in [0.15, 0.2) is 36.4 Å². The van der Waals surface area contributed by atoms with Crippen LogP contribution in [0.1, 0.15) is 15.9 Å². The van der Waals surface area contributed by atoms with Crippen molar-refractivity contribution in [2.75, 3.05) is 0 Å². The maximum Gasteiger partial charge on any atom is 0.416 e. The molecular weight excluding hydrogens is 290 g/mol. The van der Waals surface area contributed by atoms with Crippen LogP contribution in [0.3, 0.4) is 0 Å². The second-order valence-electron chi connectivity index (χ2n) is 4.26. The van der Waals surface area contributed by atoms with Gasteiger partial charge in [0.05, 0.1) is 11.1 Å². The summed E-state index contributed by atoms with van der Waals surface area (Å²) >= 11 is 0. The number of alkyl halides is 3. The molecule has 0 radical (unpaired) electrons. The molecule has 0 saturated heterocycles. The van der Waals surface area contributed by atoms with Gasteiger partial charge in [0, 0.05) is 11.1 Å². The van der Waals surface area contributed by atoms with E-state index in [0.29, 0.717) is 18.2 Å². The Balaban J connectivity index is 2.67. The van der Waals surface area contributed by atoms with Crippen LogP contribution < -0.4 is 5.73 Å². The lowest BCUT2D eigenvalue weighted by atomic mass is 9.98. The fraction of sp³-hybridized carbons (Fsp3) is 0.0714. The molecule has 0 aromatic heterocycles. The van der Waals surface area contributed by atoms with Crippen LogP contribution in [-0.4, -0.2) is 11.0 Å². The summed E-state index contributed by atoms with van der Waals surface area (Å²) in [6, 6.07) is 5.47. The zero-order valence-electron chi connectivity index (χ0n) is 10.4. The van der Waals surface area contributed by atoms with Crippen LogP contribution >= 0.6 is 0 Å². The predicted molar refractivity (Wildman–Crippen MR) is 67.0 cm³/mol. The Morgan fingerprint density at radius 3 is 2.33 bits per heavy atom. The lowest BCUT2D eigenvalue weighted by Gasteiger charge is -2.12. The zero-order chi connectivity index (χ0) is 15.8. The number of benzene rings is 2. The lowest BCUT2D eigenvalue weighted by molar-refractivity contribution is -0.137. The Bertz CT molecular complexity index is 711. The van der Waals surface area contributed by atoms with Gasteiger partial charge in [-0.1, -0.05) is 12.1 Å². The number of hydrogen-bond acceptors (Lipinski definition) is 2. The van der Waals surface area contributed by atoms with Crippen LogP contribution in [0.4, 0.5) is 17.6 Å². The van der Waals surface area contributed by atoms with Crippen molar-refractivity contribution in [1.29, 1.82) is 0 Å². The number of para-hydroxylation sites is 1. The summed E-state index contributed by atoms with van der Waals surface area (Å²) in [6.45, 7) is 0. The smallest absolute Gasteiger partial charge is 0.416 e. The fourth-order valence-electron chi connectivity index (χ4n) is 1.87. The van der Waals surface area contributed by atoms with E-state index in [2.05, 4.69) is 0 Å². The minimum atomic E-state index is -4.65. The summed E-state index contributed by atoms with van der Waals surface area (Å²) in [5.41, 5.74) is 2.95. The second-order valence-corrected chi connectivity index (χ2v) is 4.26. The summed E-state index contributed by atoms with van der Waals surface area (Å²) in [6.07, 6.45) is -4.65. The minimum absolute atomic E-state index is 0.241. The molecule has 2 aromatic rings. The normalized spacial score (nSPS) is 11.4. The summed E-state index contributed by atoms with van der Waals surface area (Å²) < 4.78 is 51.8. The molecule has 3 N–H and O–H groups in total. The first-order chi connectivity index (χ1) is 9.71. The predicted octanol–water partition coefficient (Wildman–Crippen LogP) is 3.32. The van der Waals surface area contributed by atoms with Crippen molar-refractivity contribution in [2.24, 2.45) is 5.73 Å². The van der Waals surface area contributed by atoms with Crippen molar-refractivity contribution in [3.05, 3.63) is 53.3 Å². The third-order valence-electron chi connectivity index (χ3n) is 2.89. The molecule has 110 valence electrons. The first kappa shape index (κ1) is 14.8. The summed E-state index contributed by atoms with van der Waals surface area (Å²) in [5, 5.41) is 9.88. The largest absolute Gasteiger partial charge is 0.506 e. The van der Waals surface area contributed by atoms with Gasteiger partial charge in [-0.25, -0.2) is 4.39 Å². The Hall–Kier alpha value is -2.57. The van der Waals surface area contributed by atoms with Crippen molar-refractivity contribution in [3.63, 3.8) is 0 Å². The number of rotatable bonds is 2. The molecule has 2 rings (SSSR count). The molecule has 0 aliphatic heterocycles. The van der Waals surface area contributed by atoms with Crippen molar-refractivity contribution in [3.8, 4) is 16.9 Å². The Kier molecular flexibility index (Phi) is 3.59. The Labute approximate surface area is 116 Å². The molecule has 7 heteroatoms. The van der Waals surface area contributed by atoms with Crippen LogP contribution in [-0.2, 0) is 6.18 Å².